The summed E-state index contributed by atoms with van der Waals surface area (Å²) in [5.41, 5.74) is 0. The molecule has 7 heteroatoms. The molecule has 2 aliphatic heterocycles. The summed E-state index contributed by atoms with van der Waals surface area (Å²) in [5, 5.41) is 9.65. The summed E-state index contributed by atoms with van der Waals surface area (Å²) in [6.45, 7) is 4.05. The van der Waals surface area contributed by atoms with Gasteiger partial charge in [-0.2, -0.15) is 0 Å². The average Bonchev–Trinajstić information content (AvgIpc) is 2.66. The first-order chi connectivity index (χ1) is 9.95. The monoisotopic (exact) mass is 299 g/mol. The van der Waals surface area contributed by atoms with Gasteiger partial charge in [-0.1, -0.05) is 12.7 Å². The van der Waals surface area contributed by atoms with E-state index in [4.69, 9.17) is 4.74 Å². The number of carbonyl (C=O) groups is 3. The summed E-state index contributed by atoms with van der Waals surface area (Å²) in [4.78, 5) is 37.4. The molecule has 2 aliphatic rings. The van der Waals surface area contributed by atoms with Crippen LogP contribution in [-0.2, 0) is 19.1 Å². The van der Waals surface area contributed by atoms with E-state index in [0.29, 0.717) is 0 Å². The summed E-state index contributed by atoms with van der Waals surface area (Å²) in [6, 6.07) is -1.95. The van der Waals surface area contributed by atoms with Crippen LogP contribution in [0.4, 0.5) is 4.39 Å². The third-order valence-electron chi connectivity index (χ3n) is 4.06. The molecule has 5 atom stereocenters. The summed E-state index contributed by atoms with van der Waals surface area (Å²) < 4.78 is 17.5. The third kappa shape index (κ3) is 2.35. The first-order valence-corrected chi connectivity index (χ1v) is 6.83. The van der Waals surface area contributed by atoms with E-state index < -0.39 is 54.4 Å². The van der Waals surface area contributed by atoms with Crippen molar-refractivity contribution in [1.29, 1.82) is 0 Å². The molecular weight excluding hydrogens is 281 g/mol. The number of ether oxygens (including phenoxy) is 1. The highest BCUT2D eigenvalue weighted by Gasteiger charge is 2.65. The quantitative estimate of drug-likeness (QED) is 0.319. The number of esters is 1. The molecule has 0 aromatic carbocycles. The van der Waals surface area contributed by atoms with Gasteiger partial charge < -0.3 is 14.7 Å². The van der Waals surface area contributed by atoms with Crippen LogP contribution in [0.1, 0.15) is 13.3 Å². The third-order valence-corrected chi connectivity index (χ3v) is 4.06. The van der Waals surface area contributed by atoms with Gasteiger partial charge in [0.25, 0.3) is 0 Å². The molecular formula is C14H18FNO5. The highest BCUT2D eigenvalue weighted by Crippen LogP contribution is 2.44. The molecule has 6 nitrogen and oxygen atoms in total. The predicted octanol–water partition coefficient (Wildman–Crippen LogP) is -0.149. The van der Waals surface area contributed by atoms with Gasteiger partial charge in [0.15, 0.2) is 11.8 Å². The summed E-state index contributed by atoms with van der Waals surface area (Å²) in [6.07, 6.45) is 0.336. The number of nitrogens with zero attached hydrogens (tertiary/aromatic N) is 1. The number of halogens is 1. The summed E-state index contributed by atoms with van der Waals surface area (Å²) >= 11 is 0. The number of hydrogen-bond acceptors (Lipinski definition) is 5. The second kappa shape index (κ2) is 5.93. The molecule has 2 heterocycles. The Morgan fingerprint density at radius 3 is 2.76 bits per heavy atom. The standard InChI is InChI=1S/C14H18FNO5/c1-3-6-21-14(20)11-12(18)8(4-5-15)10-9(7(2)17)13(19)16(10)11/h3,7-11,17H,1,4-6H2,2H3/t7-,8-,9-,10-,11-/m1/s1. The fourth-order valence-electron chi connectivity index (χ4n) is 3.18. The van der Waals surface area contributed by atoms with E-state index in [2.05, 4.69) is 6.58 Å². The van der Waals surface area contributed by atoms with Crippen LogP contribution in [0.15, 0.2) is 12.7 Å². The number of ketones is 1. The molecule has 0 saturated carbocycles. The van der Waals surface area contributed by atoms with E-state index in [1.807, 2.05) is 0 Å². The molecule has 1 N–H and O–H groups in total. The number of β-lactam (4-membered cyclic amide) rings is 1. The SMILES string of the molecule is C=CCOC(=O)[C@H]1C(=O)[C@H](CCF)[C@@H]2[C@@H]([C@@H](C)O)C(=O)N12. The van der Waals surface area contributed by atoms with Crippen molar-refractivity contribution < 1.29 is 28.6 Å². The molecule has 116 valence electrons. The Bertz CT molecular complexity index is 478. The first kappa shape index (κ1) is 15.6. The minimum Gasteiger partial charge on any atom is -0.460 e. The molecule has 2 rings (SSSR count). The van der Waals surface area contributed by atoms with Gasteiger partial charge in [0.1, 0.15) is 6.61 Å². The highest BCUT2D eigenvalue weighted by atomic mass is 19.1. The number of alkyl halides is 1. The number of fused-ring (bicyclic) bond motifs is 1. The second-order valence-electron chi connectivity index (χ2n) is 5.31. The molecule has 0 unspecified atom stereocenters. The average molecular weight is 299 g/mol. The van der Waals surface area contributed by atoms with Gasteiger partial charge >= 0.3 is 5.97 Å². The topological polar surface area (TPSA) is 83.9 Å². The van der Waals surface area contributed by atoms with Crippen LogP contribution in [0, 0.1) is 11.8 Å². The van der Waals surface area contributed by atoms with Gasteiger partial charge in [-0.05, 0) is 13.3 Å². The molecule has 0 aromatic heterocycles. The minimum absolute atomic E-state index is 0.0665. The lowest BCUT2D eigenvalue weighted by atomic mass is 9.78. The van der Waals surface area contributed by atoms with E-state index >= 15 is 0 Å². The lowest BCUT2D eigenvalue weighted by Gasteiger charge is -2.46. The van der Waals surface area contributed by atoms with E-state index in [-0.39, 0.29) is 13.0 Å². The van der Waals surface area contributed by atoms with Gasteiger partial charge in [-0.3, -0.25) is 14.0 Å². The normalized spacial score (nSPS) is 32.4. The zero-order valence-corrected chi connectivity index (χ0v) is 11.7. The van der Waals surface area contributed by atoms with Crippen LogP contribution in [0.5, 0.6) is 0 Å². The van der Waals surface area contributed by atoms with E-state index in [9.17, 15) is 23.9 Å². The highest BCUT2D eigenvalue weighted by molar-refractivity contribution is 6.12. The molecule has 0 spiro atoms. The Kier molecular flexibility index (Phi) is 4.41. The molecule has 0 bridgehead atoms. The van der Waals surface area contributed by atoms with Crippen molar-refractivity contribution in [2.45, 2.75) is 31.5 Å². The van der Waals surface area contributed by atoms with Crippen molar-refractivity contribution in [3.63, 3.8) is 0 Å². The van der Waals surface area contributed by atoms with Crippen LogP contribution in [0.3, 0.4) is 0 Å². The van der Waals surface area contributed by atoms with Crippen molar-refractivity contribution in [3.05, 3.63) is 12.7 Å². The van der Waals surface area contributed by atoms with Crippen molar-refractivity contribution >= 4 is 17.7 Å². The first-order valence-electron chi connectivity index (χ1n) is 6.83. The minimum atomic E-state index is -1.33. The lowest BCUT2D eigenvalue weighted by molar-refractivity contribution is -0.173. The number of Topliss-reactive ketones (excluding diaryl/α,β-unsaturated/α-hetero) is 1. The fourth-order valence-corrected chi connectivity index (χ4v) is 3.18. The van der Waals surface area contributed by atoms with E-state index in [1.54, 1.807) is 0 Å². The van der Waals surface area contributed by atoms with Crippen molar-refractivity contribution in [2.24, 2.45) is 11.8 Å². The van der Waals surface area contributed by atoms with Gasteiger partial charge in [-0.15, -0.1) is 0 Å². The number of carbonyl (C=O) groups excluding carboxylic acids is 3. The molecule has 0 aromatic rings. The number of hydrogen-bond donors (Lipinski definition) is 1. The van der Waals surface area contributed by atoms with Crippen molar-refractivity contribution in [2.75, 3.05) is 13.3 Å². The Morgan fingerprint density at radius 2 is 2.24 bits per heavy atom. The zero-order chi connectivity index (χ0) is 15.7. The number of aliphatic hydroxyl groups excluding tert-OH is 1. The van der Waals surface area contributed by atoms with Crippen molar-refractivity contribution in [3.8, 4) is 0 Å². The Hall–Kier alpha value is -1.76. The fraction of sp³-hybridized carbons (Fsp3) is 0.643. The molecule has 0 aliphatic carbocycles. The predicted molar refractivity (Wildman–Crippen MR) is 69.8 cm³/mol. The molecule has 2 fully saturated rings. The lowest BCUT2D eigenvalue weighted by Crippen LogP contribution is -2.66. The maximum Gasteiger partial charge on any atom is 0.337 e. The molecule has 1 amide bonds. The van der Waals surface area contributed by atoms with E-state index in [1.165, 1.54) is 13.0 Å². The molecule has 0 radical (unpaired) electrons. The number of amides is 1. The van der Waals surface area contributed by atoms with Crippen LogP contribution >= 0.6 is 0 Å². The molecule has 2 saturated heterocycles. The Morgan fingerprint density at radius 1 is 1.57 bits per heavy atom. The maximum absolute atomic E-state index is 12.7. The van der Waals surface area contributed by atoms with Crippen LogP contribution in [0.25, 0.3) is 0 Å². The van der Waals surface area contributed by atoms with Gasteiger partial charge in [0.2, 0.25) is 5.91 Å². The molecule has 21 heavy (non-hydrogen) atoms. The number of rotatable bonds is 6. The Labute approximate surface area is 121 Å². The maximum atomic E-state index is 12.7. The zero-order valence-electron chi connectivity index (χ0n) is 11.7. The van der Waals surface area contributed by atoms with Gasteiger partial charge in [-0.25, -0.2) is 4.79 Å². The second-order valence-corrected chi connectivity index (χ2v) is 5.31. The van der Waals surface area contributed by atoms with Gasteiger partial charge in [0, 0.05) is 5.92 Å². The Balaban J connectivity index is 2.25. The summed E-state index contributed by atoms with van der Waals surface area (Å²) in [5.74, 6) is -3.34. The van der Waals surface area contributed by atoms with Crippen LogP contribution in [0.2, 0.25) is 0 Å². The van der Waals surface area contributed by atoms with E-state index in [0.717, 1.165) is 4.90 Å². The summed E-state index contributed by atoms with van der Waals surface area (Å²) in [7, 11) is 0. The smallest absolute Gasteiger partial charge is 0.337 e. The number of aliphatic hydroxyl groups is 1. The van der Waals surface area contributed by atoms with Crippen molar-refractivity contribution in [1.82, 2.24) is 4.90 Å². The largest absolute Gasteiger partial charge is 0.460 e. The van der Waals surface area contributed by atoms with Crippen LogP contribution in [-0.4, -0.2) is 59.1 Å². The van der Waals surface area contributed by atoms with Gasteiger partial charge in [0.05, 0.1) is 24.7 Å². The van der Waals surface area contributed by atoms with Crippen LogP contribution < -0.4 is 0 Å².